The van der Waals surface area contributed by atoms with Gasteiger partial charge in [-0.05, 0) is 19.3 Å². The molecule has 0 aromatic carbocycles. The summed E-state index contributed by atoms with van der Waals surface area (Å²) < 4.78 is 0. The number of hydrogen-bond acceptors (Lipinski definition) is 3. The minimum atomic E-state index is 0.436. The third-order valence-electron chi connectivity index (χ3n) is 3.45. The van der Waals surface area contributed by atoms with Crippen molar-refractivity contribution in [1.82, 2.24) is 9.97 Å². The van der Waals surface area contributed by atoms with Crippen LogP contribution >= 0.6 is 11.6 Å². The molecule has 4 heteroatoms. The van der Waals surface area contributed by atoms with Gasteiger partial charge in [0.1, 0.15) is 5.82 Å². The number of alkyl halides is 1. The minimum absolute atomic E-state index is 0.436. The lowest BCUT2D eigenvalue weighted by molar-refractivity contribution is 0.551. The Balaban J connectivity index is 2.21. The van der Waals surface area contributed by atoms with Crippen LogP contribution in [0.25, 0.3) is 0 Å². The van der Waals surface area contributed by atoms with E-state index in [4.69, 9.17) is 11.6 Å². The molecule has 0 spiro atoms. The Morgan fingerprint density at radius 3 is 3.00 bits per heavy atom. The van der Waals surface area contributed by atoms with Gasteiger partial charge in [-0.1, -0.05) is 19.8 Å². The zero-order valence-electron chi connectivity index (χ0n) is 10.4. The van der Waals surface area contributed by atoms with Gasteiger partial charge in [0.25, 0.3) is 0 Å². The molecular formula is C13H20ClN3. The first-order valence-corrected chi connectivity index (χ1v) is 7.02. The maximum atomic E-state index is 5.82. The van der Waals surface area contributed by atoms with Crippen LogP contribution in [-0.4, -0.2) is 22.6 Å². The van der Waals surface area contributed by atoms with Crippen LogP contribution in [0, 0.1) is 0 Å². The zero-order valence-corrected chi connectivity index (χ0v) is 11.2. The Labute approximate surface area is 108 Å². The van der Waals surface area contributed by atoms with E-state index in [1.54, 1.807) is 6.20 Å². The molecule has 0 saturated carbocycles. The van der Waals surface area contributed by atoms with E-state index >= 15 is 0 Å². The molecule has 1 fully saturated rings. The van der Waals surface area contributed by atoms with Gasteiger partial charge in [-0.15, -0.1) is 11.6 Å². The highest BCUT2D eigenvalue weighted by molar-refractivity contribution is 6.16. The van der Waals surface area contributed by atoms with E-state index < -0.39 is 0 Å². The summed E-state index contributed by atoms with van der Waals surface area (Å²) in [5.74, 6) is 1.43. The third kappa shape index (κ3) is 3.09. The monoisotopic (exact) mass is 253 g/mol. The fraction of sp³-hybridized carbons (Fsp3) is 0.692. The molecule has 2 rings (SSSR count). The smallest absolute Gasteiger partial charge is 0.147 e. The molecule has 1 atom stereocenters. The minimum Gasteiger partial charge on any atom is -0.352 e. The highest BCUT2D eigenvalue weighted by atomic mass is 35.5. The van der Waals surface area contributed by atoms with Gasteiger partial charge >= 0.3 is 0 Å². The molecule has 1 aliphatic rings. The number of hydrogen-bond donors (Lipinski definition) is 0. The van der Waals surface area contributed by atoms with Crippen LogP contribution in [0.3, 0.4) is 0 Å². The highest BCUT2D eigenvalue weighted by Crippen LogP contribution is 2.24. The lowest BCUT2D eigenvalue weighted by atomic mass is 10.1. The van der Waals surface area contributed by atoms with Crippen LogP contribution in [0.5, 0.6) is 0 Å². The highest BCUT2D eigenvalue weighted by Gasteiger charge is 2.20. The van der Waals surface area contributed by atoms with E-state index in [0.29, 0.717) is 11.9 Å². The Hall–Kier alpha value is -0.830. The molecule has 17 heavy (non-hydrogen) atoms. The third-order valence-corrected chi connectivity index (χ3v) is 3.73. The number of rotatable bonds is 3. The van der Waals surface area contributed by atoms with E-state index in [1.807, 2.05) is 6.20 Å². The van der Waals surface area contributed by atoms with Crippen molar-refractivity contribution in [2.45, 2.75) is 50.9 Å². The van der Waals surface area contributed by atoms with Crippen LogP contribution in [0.15, 0.2) is 12.4 Å². The van der Waals surface area contributed by atoms with Gasteiger partial charge in [-0.3, -0.25) is 4.98 Å². The van der Waals surface area contributed by atoms with Crippen molar-refractivity contribution in [2.75, 3.05) is 11.4 Å². The zero-order chi connectivity index (χ0) is 12.1. The van der Waals surface area contributed by atoms with Gasteiger partial charge in [0, 0.05) is 18.8 Å². The van der Waals surface area contributed by atoms with Gasteiger partial charge < -0.3 is 4.90 Å². The molecule has 0 radical (unpaired) electrons. The summed E-state index contributed by atoms with van der Waals surface area (Å²) in [6.45, 7) is 3.35. The predicted octanol–water partition coefficient (Wildman–Crippen LogP) is 3.37. The molecule has 0 amide bonds. The Kier molecular flexibility index (Phi) is 4.60. The van der Waals surface area contributed by atoms with Crippen molar-refractivity contribution in [3.63, 3.8) is 0 Å². The first-order valence-electron chi connectivity index (χ1n) is 6.48. The van der Waals surface area contributed by atoms with Gasteiger partial charge in [0.05, 0.1) is 17.8 Å². The molecule has 1 aliphatic heterocycles. The SMILES string of the molecule is CCC1CCCCCN1c1cncc(CCl)n1. The summed E-state index contributed by atoms with van der Waals surface area (Å²) in [5, 5.41) is 0. The van der Waals surface area contributed by atoms with Crippen LogP contribution in [0.1, 0.15) is 44.7 Å². The lowest BCUT2D eigenvalue weighted by Crippen LogP contribution is -2.35. The first-order chi connectivity index (χ1) is 8.35. The Bertz CT molecular complexity index is 356. The van der Waals surface area contributed by atoms with Crippen LogP contribution < -0.4 is 4.90 Å². The van der Waals surface area contributed by atoms with Crippen molar-refractivity contribution in [1.29, 1.82) is 0 Å². The number of anilines is 1. The van der Waals surface area contributed by atoms with Crippen molar-refractivity contribution in [3.8, 4) is 0 Å². The summed E-state index contributed by atoms with van der Waals surface area (Å²) in [6.07, 6.45) is 9.96. The van der Waals surface area contributed by atoms with Gasteiger partial charge in [0.2, 0.25) is 0 Å². The molecule has 2 heterocycles. The maximum absolute atomic E-state index is 5.82. The van der Waals surface area contributed by atoms with Crippen LogP contribution in [-0.2, 0) is 5.88 Å². The van der Waals surface area contributed by atoms with Crippen molar-refractivity contribution >= 4 is 17.4 Å². The van der Waals surface area contributed by atoms with E-state index in [0.717, 1.165) is 18.1 Å². The fourth-order valence-corrected chi connectivity index (χ4v) is 2.63. The van der Waals surface area contributed by atoms with Gasteiger partial charge in [-0.2, -0.15) is 0 Å². The molecule has 94 valence electrons. The van der Waals surface area contributed by atoms with Crippen molar-refractivity contribution in [3.05, 3.63) is 18.1 Å². The molecule has 0 N–H and O–H groups in total. The molecular weight excluding hydrogens is 234 g/mol. The summed E-state index contributed by atoms with van der Waals surface area (Å²) in [7, 11) is 0. The van der Waals surface area contributed by atoms with E-state index in [1.165, 1.54) is 32.1 Å². The Morgan fingerprint density at radius 1 is 1.35 bits per heavy atom. The largest absolute Gasteiger partial charge is 0.352 e. The van der Waals surface area contributed by atoms with E-state index in [-0.39, 0.29) is 0 Å². The lowest BCUT2D eigenvalue weighted by Gasteiger charge is -2.30. The average molecular weight is 254 g/mol. The molecule has 0 bridgehead atoms. The van der Waals surface area contributed by atoms with E-state index in [2.05, 4.69) is 21.8 Å². The summed E-state index contributed by atoms with van der Waals surface area (Å²) in [5.41, 5.74) is 0.864. The first kappa shape index (κ1) is 12.6. The second kappa shape index (κ2) is 6.20. The molecule has 1 unspecified atom stereocenters. The average Bonchev–Trinajstić information content (AvgIpc) is 2.63. The maximum Gasteiger partial charge on any atom is 0.147 e. The molecule has 0 aliphatic carbocycles. The normalized spacial score (nSPS) is 21.3. The second-order valence-electron chi connectivity index (χ2n) is 4.61. The van der Waals surface area contributed by atoms with Gasteiger partial charge in [-0.25, -0.2) is 4.98 Å². The predicted molar refractivity (Wildman–Crippen MR) is 71.5 cm³/mol. The number of halogens is 1. The molecule has 1 aromatic heterocycles. The number of aromatic nitrogens is 2. The summed E-state index contributed by atoms with van der Waals surface area (Å²) in [4.78, 5) is 11.2. The van der Waals surface area contributed by atoms with Crippen LogP contribution in [0.4, 0.5) is 5.82 Å². The fourth-order valence-electron chi connectivity index (χ4n) is 2.50. The van der Waals surface area contributed by atoms with Crippen LogP contribution in [0.2, 0.25) is 0 Å². The standard InChI is InChI=1S/C13H20ClN3/c1-2-12-6-4-3-5-7-17(12)13-10-15-9-11(8-14)16-13/h9-10,12H,2-8H2,1H3. The number of nitrogens with zero attached hydrogens (tertiary/aromatic N) is 3. The molecule has 1 saturated heterocycles. The second-order valence-corrected chi connectivity index (χ2v) is 4.87. The summed E-state index contributed by atoms with van der Waals surface area (Å²) >= 11 is 5.82. The quantitative estimate of drug-likeness (QED) is 0.774. The van der Waals surface area contributed by atoms with Crippen molar-refractivity contribution in [2.24, 2.45) is 0 Å². The topological polar surface area (TPSA) is 29.0 Å². The van der Waals surface area contributed by atoms with Crippen molar-refractivity contribution < 1.29 is 0 Å². The van der Waals surface area contributed by atoms with Gasteiger partial charge in [0.15, 0.2) is 0 Å². The van der Waals surface area contributed by atoms with E-state index in [9.17, 15) is 0 Å². The molecule has 3 nitrogen and oxygen atoms in total. The summed E-state index contributed by atoms with van der Waals surface area (Å²) in [6, 6.07) is 0.609. The Morgan fingerprint density at radius 2 is 2.24 bits per heavy atom. The molecule has 1 aromatic rings.